The first-order chi connectivity index (χ1) is 9.69. The van der Waals surface area contributed by atoms with Gasteiger partial charge in [-0.3, -0.25) is 4.98 Å². The van der Waals surface area contributed by atoms with Crippen LogP contribution in [0, 0.1) is 0 Å². The van der Waals surface area contributed by atoms with Crippen molar-refractivity contribution in [3.05, 3.63) is 36.7 Å². The Labute approximate surface area is 120 Å². The average molecular weight is 296 g/mol. The van der Waals surface area contributed by atoms with Crippen molar-refractivity contribution in [2.45, 2.75) is 17.6 Å². The van der Waals surface area contributed by atoms with Crippen LogP contribution in [0.5, 0.6) is 0 Å². The molecule has 20 heavy (non-hydrogen) atoms. The molecule has 1 aromatic carbocycles. The van der Waals surface area contributed by atoms with E-state index in [0.29, 0.717) is 34.0 Å². The third kappa shape index (κ3) is 4.06. The van der Waals surface area contributed by atoms with Gasteiger partial charge >= 0.3 is 0 Å². The molecule has 0 amide bonds. The summed E-state index contributed by atoms with van der Waals surface area (Å²) in [5.74, 6) is -1.32. The maximum atomic E-state index is 12.5. The molecule has 0 radical (unpaired) electrons. The Hall–Kier alpha value is -1.89. The van der Waals surface area contributed by atoms with Crippen LogP contribution in [0.15, 0.2) is 41.6 Å². The number of rotatable bonds is 6. The van der Waals surface area contributed by atoms with Gasteiger partial charge in [-0.1, -0.05) is 23.9 Å². The van der Waals surface area contributed by atoms with Gasteiger partial charge in [-0.25, -0.2) is 4.98 Å². The number of nitrogens with zero attached hydrogens (tertiary/aromatic N) is 2. The van der Waals surface area contributed by atoms with Gasteiger partial charge in [0.05, 0.1) is 18.1 Å². The number of aromatic nitrogens is 2. The molecule has 0 bridgehead atoms. The van der Waals surface area contributed by atoms with Gasteiger partial charge in [0.25, 0.3) is 5.76 Å². The van der Waals surface area contributed by atoms with Crippen molar-refractivity contribution in [2.24, 2.45) is 0 Å². The molecule has 0 spiro atoms. The van der Waals surface area contributed by atoms with Crippen LogP contribution in [0.3, 0.4) is 0 Å². The van der Waals surface area contributed by atoms with Crippen LogP contribution in [0.25, 0.3) is 0 Å². The lowest BCUT2D eigenvalue weighted by molar-refractivity contribution is 0.252. The van der Waals surface area contributed by atoms with Crippen molar-refractivity contribution in [1.82, 2.24) is 9.97 Å². The lowest BCUT2D eigenvalue weighted by Gasteiger charge is -2.11. The van der Waals surface area contributed by atoms with Gasteiger partial charge in [-0.2, -0.15) is 8.78 Å². The van der Waals surface area contributed by atoms with Crippen molar-refractivity contribution in [2.75, 3.05) is 17.2 Å². The van der Waals surface area contributed by atoms with E-state index in [1.165, 1.54) is 0 Å². The Balaban J connectivity index is 2.19. The molecule has 7 heteroatoms. The van der Waals surface area contributed by atoms with E-state index in [1.807, 2.05) is 6.92 Å². The molecule has 0 saturated heterocycles. The van der Waals surface area contributed by atoms with Gasteiger partial charge in [0.15, 0.2) is 5.82 Å². The number of alkyl halides is 2. The topological polar surface area (TPSA) is 49.8 Å². The third-order valence-corrected chi connectivity index (χ3v) is 3.15. The summed E-state index contributed by atoms with van der Waals surface area (Å²) in [5.41, 5.74) is 0.584. The molecule has 0 atom stereocenters. The molecule has 0 aliphatic carbocycles. The van der Waals surface area contributed by atoms with Crippen LogP contribution in [0.2, 0.25) is 0 Å². The van der Waals surface area contributed by atoms with Gasteiger partial charge in [0, 0.05) is 11.4 Å². The summed E-state index contributed by atoms with van der Waals surface area (Å²) in [7, 11) is 0. The van der Waals surface area contributed by atoms with E-state index in [2.05, 4.69) is 20.6 Å². The zero-order chi connectivity index (χ0) is 14.4. The Kier molecular flexibility index (Phi) is 5.11. The quantitative estimate of drug-likeness (QED) is 0.790. The van der Waals surface area contributed by atoms with Gasteiger partial charge < -0.3 is 10.6 Å². The van der Waals surface area contributed by atoms with Crippen LogP contribution in [-0.4, -0.2) is 22.3 Å². The van der Waals surface area contributed by atoms with E-state index in [0.717, 1.165) is 6.54 Å². The van der Waals surface area contributed by atoms with Crippen LogP contribution in [-0.2, 0) is 0 Å². The highest BCUT2D eigenvalue weighted by Gasteiger charge is 2.10. The Morgan fingerprint density at radius 2 is 1.95 bits per heavy atom. The zero-order valence-corrected chi connectivity index (χ0v) is 11.6. The maximum Gasteiger partial charge on any atom is 0.288 e. The number of halogens is 2. The molecule has 1 aromatic heterocycles. The van der Waals surface area contributed by atoms with Crippen LogP contribution in [0.4, 0.5) is 26.1 Å². The van der Waals surface area contributed by atoms with Crippen LogP contribution < -0.4 is 10.6 Å². The monoisotopic (exact) mass is 296 g/mol. The summed E-state index contributed by atoms with van der Waals surface area (Å²) in [6, 6.07) is 6.86. The minimum atomic E-state index is -2.46. The summed E-state index contributed by atoms with van der Waals surface area (Å²) < 4.78 is 25.0. The summed E-state index contributed by atoms with van der Waals surface area (Å²) in [6.07, 6.45) is 3.15. The largest absolute Gasteiger partial charge is 0.369 e. The predicted molar refractivity (Wildman–Crippen MR) is 77.8 cm³/mol. The number of para-hydroxylation sites is 1. The molecular weight excluding hydrogens is 282 g/mol. The molecule has 0 saturated carbocycles. The standard InChI is InChI=1S/C13H14F2N4S/c1-2-17-11-7-16-8-12(19-11)18-9-5-3-4-6-10(9)20-13(14)15/h3-8,13H,2H2,1H3,(H2,17,18,19). The Morgan fingerprint density at radius 3 is 2.70 bits per heavy atom. The first-order valence-electron chi connectivity index (χ1n) is 6.06. The van der Waals surface area contributed by atoms with Crippen molar-refractivity contribution >= 4 is 29.1 Å². The van der Waals surface area contributed by atoms with E-state index >= 15 is 0 Å². The van der Waals surface area contributed by atoms with Crippen molar-refractivity contribution in [3.8, 4) is 0 Å². The SMILES string of the molecule is CCNc1cncc(Nc2ccccc2SC(F)F)n1. The highest BCUT2D eigenvalue weighted by molar-refractivity contribution is 7.99. The number of benzene rings is 1. The molecule has 2 N–H and O–H groups in total. The number of thioether (sulfide) groups is 1. The van der Waals surface area contributed by atoms with E-state index in [1.54, 1.807) is 36.7 Å². The van der Waals surface area contributed by atoms with E-state index in [9.17, 15) is 8.78 Å². The van der Waals surface area contributed by atoms with Gasteiger partial charge in [0.1, 0.15) is 5.82 Å². The fraction of sp³-hybridized carbons (Fsp3) is 0.231. The second-order valence-corrected chi connectivity index (χ2v) is 4.85. The predicted octanol–water partition coefficient (Wildman–Crippen LogP) is 3.97. The van der Waals surface area contributed by atoms with Gasteiger partial charge in [-0.05, 0) is 19.1 Å². The van der Waals surface area contributed by atoms with E-state index < -0.39 is 5.76 Å². The van der Waals surface area contributed by atoms with Crippen molar-refractivity contribution in [1.29, 1.82) is 0 Å². The van der Waals surface area contributed by atoms with Crippen LogP contribution >= 0.6 is 11.8 Å². The second kappa shape index (κ2) is 7.04. The lowest BCUT2D eigenvalue weighted by atomic mass is 10.3. The molecular formula is C13H14F2N4S. The minimum Gasteiger partial charge on any atom is -0.369 e. The third-order valence-electron chi connectivity index (χ3n) is 2.36. The fourth-order valence-corrected chi connectivity index (χ4v) is 2.19. The van der Waals surface area contributed by atoms with Gasteiger partial charge in [0.2, 0.25) is 0 Å². The van der Waals surface area contributed by atoms with Gasteiger partial charge in [-0.15, -0.1) is 0 Å². The molecule has 0 fully saturated rings. The van der Waals surface area contributed by atoms with Crippen molar-refractivity contribution < 1.29 is 8.78 Å². The smallest absolute Gasteiger partial charge is 0.288 e. The lowest BCUT2D eigenvalue weighted by Crippen LogP contribution is -2.03. The Morgan fingerprint density at radius 1 is 1.20 bits per heavy atom. The molecule has 0 aliphatic heterocycles. The molecule has 1 heterocycles. The molecule has 2 rings (SSSR count). The number of nitrogens with one attached hydrogen (secondary N) is 2. The van der Waals surface area contributed by atoms with Crippen LogP contribution in [0.1, 0.15) is 6.92 Å². The zero-order valence-electron chi connectivity index (χ0n) is 10.8. The molecule has 4 nitrogen and oxygen atoms in total. The number of anilines is 3. The average Bonchev–Trinajstić information content (AvgIpc) is 2.41. The fourth-order valence-electron chi connectivity index (χ4n) is 1.60. The van der Waals surface area contributed by atoms with Crippen molar-refractivity contribution in [3.63, 3.8) is 0 Å². The summed E-state index contributed by atoms with van der Waals surface area (Å²) in [5, 5.41) is 6.05. The van der Waals surface area contributed by atoms with E-state index in [-0.39, 0.29) is 0 Å². The summed E-state index contributed by atoms with van der Waals surface area (Å²) in [4.78, 5) is 8.81. The number of hydrogen-bond donors (Lipinski definition) is 2. The second-order valence-electron chi connectivity index (χ2n) is 3.82. The maximum absolute atomic E-state index is 12.5. The number of hydrogen-bond acceptors (Lipinski definition) is 5. The molecule has 0 unspecified atom stereocenters. The highest BCUT2D eigenvalue weighted by Crippen LogP contribution is 2.32. The molecule has 0 aliphatic rings. The normalized spacial score (nSPS) is 10.6. The molecule has 2 aromatic rings. The minimum absolute atomic E-state index is 0.471. The Bertz CT molecular complexity index is 566. The first kappa shape index (κ1) is 14.5. The highest BCUT2D eigenvalue weighted by atomic mass is 32.2. The van der Waals surface area contributed by atoms with E-state index in [4.69, 9.17) is 0 Å². The summed E-state index contributed by atoms with van der Waals surface area (Å²) in [6.45, 7) is 2.69. The first-order valence-corrected chi connectivity index (χ1v) is 6.93. The summed E-state index contributed by atoms with van der Waals surface area (Å²) >= 11 is 0.499. The molecule has 106 valence electrons.